The first-order chi connectivity index (χ1) is 21.1. The Hall–Kier alpha value is -4.34. The normalized spacial score (nSPS) is 11.8. The van der Waals surface area contributed by atoms with Gasteiger partial charge in [-0.15, -0.1) is 0 Å². The third kappa shape index (κ3) is 9.33. The Morgan fingerprint density at radius 1 is 0.818 bits per heavy atom. The molecular weight excluding hydrogens is 598 g/mol. The second-order valence-corrected chi connectivity index (χ2v) is 12.6. The van der Waals surface area contributed by atoms with Crippen molar-refractivity contribution in [3.05, 3.63) is 131 Å². The highest BCUT2D eigenvalue weighted by Gasteiger charge is 2.32. The number of sulfonamides is 1. The van der Waals surface area contributed by atoms with Crippen molar-refractivity contribution in [2.45, 2.75) is 32.5 Å². The van der Waals surface area contributed by atoms with Crippen LogP contribution in [-0.2, 0) is 39.2 Å². The lowest BCUT2D eigenvalue weighted by molar-refractivity contribution is -0.140. The fraction of sp³-hybridized carbons (Fsp3) is 0.235. The molecule has 0 radical (unpaired) electrons. The molecule has 4 aromatic rings. The number of rotatable bonds is 14. The van der Waals surface area contributed by atoms with Gasteiger partial charge in [-0.1, -0.05) is 84.4 Å². The van der Waals surface area contributed by atoms with E-state index in [0.29, 0.717) is 29.6 Å². The standard InChI is InChI=1S/C34H36ClN3O5S/c1-3-36-34(40)32(22-26-10-6-4-7-11-26)37(23-27-14-16-29(35)17-15-27)33(39)24-38(44(2,41)42)30-18-20-31(21-19-30)43-25-28-12-8-5-9-13-28/h4-21,32H,3,22-25H2,1-2H3,(H,36,40)/t32-/m0/s1. The summed E-state index contributed by atoms with van der Waals surface area (Å²) < 4.78 is 32.9. The topological polar surface area (TPSA) is 96.0 Å². The maximum absolute atomic E-state index is 14.1. The average molecular weight is 634 g/mol. The molecule has 0 fully saturated rings. The number of amides is 2. The Morgan fingerprint density at radius 3 is 1.98 bits per heavy atom. The third-order valence-corrected chi connectivity index (χ3v) is 8.33. The maximum atomic E-state index is 14.1. The number of benzene rings is 4. The van der Waals surface area contributed by atoms with Crippen LogP contribution in [0, 0.1) is 0 Å². The molecule has 8 nitrogen and oxygen atoms in total. The summed E-state index contributed by atoms with van der Waals surface area (Å²) in [6.45, 7) is 2.12. The molecule has 4 aromatic carbocycles. The summed E-state index contributed by atoms with van der Waals surface area (Å²) in [5.41, 5.74) is 2.91. The summed E-state index contributed by atoms with van der Waals surface area (Å²) in [7, 11) is -3.88. The van der Waals surface area contributed by atoms with Gasteiger partial charge in [0.15, 0.2) is 0 Å². The minimum absolute atomic E-state index is 0.0779. The molecule has 0 unspecified atom stereocenters. The van der Waals surface area contributed by atoms with E-state index in [9.17, 15) is 18.0 Å². The molecule has 0 aliphatic heterocycles. The molecule has 1 atom stereocenters. The van der Waals surface area contributed by atoms with Gasteiger partial charge in [0.2, 0.25) is 21.8 Å². The smallest absolute Gasteiger partial charge is 0.244 e. The Kier molecular flexibility index (Phi) is 11.4. The zero-order valence-electron chi connectivity index (χ0n) is 24.7. The largest absolute Gasteiger partial charge is 0.489 e. The summed E-state index contributed by atoms with van der Waals surface area (Å²) in [6.07, 6.45) is 1.30. The third-order valence-electron chi connectivity index (χ3n) is 6.94. The number of ether oxygens (including phenoxy) is 1. The van der Waals surface area contributed by atoms with E-state index in [0.717, 1.165) is 27.3 Å². The molecule has 0 aliphatic carbocycles. The summed E-state index contributed by atoms with van der Waals surface area (Å²) in [5.74, 6) is -0.299. The molecule has 10 heteroatoms. The molecule has 0 saturated carbocycles. The van der Waals surface area contributed by atoms with Crippen molar-refractivity contribution in [2.24, 2.45) is 0 Å². The Bertz CT molecular complexity index is 1620. The molecule has 44 heavy (non-hydrogen) atoms. The molecule has 0 saturated heterocycles. The quantitative estimate of drug-likeness (QED) is 0.199. The number of nitrogens with zero attached hydrogens (tertiary/aromatic N) is 2. The highest BCUT2D eigenvalue weighted by Crippen LogP contribution is 2.24. The van der Waals surface area contributed by atoms with Gasteiger partial charge >= 0.3 is 0 Å². The van der Waals surface area contributed by atoms with Gasteiger partial charge in [0.25, 0.3) is 0 Å². The minimum Gasteiger partial charge on any atom is -0.489 e. The Balaban J connectivity index is 1.62. The lowest BCUT2D eigenvalue weighted by Crippen LogP contribution is -2.53. The number of nitrogens with one attached hydrogen (secondary N) is 1. The van der Waals surface area contributed by atoms with Crippen LogP contribution in [0.1, 0.15) is 23.6 Å². The van der Waals surface area contributed by atoms with E-state index >= 15 is 0 Å². The van der Waals surface area contributed by atoms with Gasteiger partial charge in [-0.2, -0.15) is 0 Å². The van der Waals surface area contributed by atoms with Gasteiger partial charge in [-0.3, -0.25) is 13.9 Å². The molecule has 4 rings (SSSR count). The highest BCUT2D eigenvalue weighted by molar-refractivity contribution is 7.92. The van der Waals surface area contributed by atoms with Crippen LogP contribution in [0.25, 0.3) is 0 Å². The van der Waals surface area contributed by atoms with Crippen LogP contribution in [0.15, 0.2) is 109 Å². The van der Waals surface area contributed by atoms with Crippen LogP contribution in [0.5, 0.6) is 5.75 Å². The summed E-state index contributed by atoms with van der Waals surface area (Å²) in [5, 5.41) is 3.38. The van der Waals surface area contributed by atoms with Crippen molar-refractivity contribution in [2.75, 3.05) is 23.7 Å². The van der Waals surface area contributed by atoms with Gasteiger partial charge in [-0.25, -0.2) is 8.42 Å². The van der Waals surface area contributed by atoms with Crippen molar-refractivity contribution in [1.82, 2.24) is 10.2 Å². The first-order valence-electron chi connectivity index (χ1n) is 14.2. The molecular formula is C34H36ClN3O5S. The highest BCUT2D eigenvalue weighted by atomic mass is 35.5. The second-order valence-electron chi connectivity index (χ2n) is 10.3. The average Bonchev–Trinajstić information content (AvgIpc) is 3.02. The number of hydrogen-bond donors (Lipinski definition) is 1. The number of halogens is 1. The van der Waals surface area contributed by atoms with E-state index in [1.54, 1.807) is 55.5 Å². The van der Waals surface area contributed by atoms with Crippen molar-refractivity contribution in [3.63, 3.8) is 0 Å². The monoisotopic (exact) mass is 633 g/mol. The maximum Gasteiger partial charge on any atom is 0.244 e. The molecule has 0 bridgehead atoms. The predicted octanol–water partition coefficient (Wildman–Crippen LogP) is 5.46. The van der Waals surface area contributed by atoms with Crippen LogP contribution in [0.2, 0.25) is 5.02 Å². The van der Waals surface area contributed by atoms with E-state index in [1.165, 1.54) is 4.90 Å². The number of anilines is 1. The van der Waals surface area contributed by atoms with Crippen LogP contribution in [-0.4, -0.2) is 50.5 Å². The second kappa shape index (κ2) is 15.4. The van der Waals surface area contributed by atoms with Gasteiger partial charge in [0, 0.05) is 24.5 Å². The first kappa shape index (κ1) is 32.6. The fourth-order valence-corrected chi connectivity index (χ4v) is 5.67. The molecule has 0 heterocycles. The molecule has 2 amide bonds. The number of carbonyl (C=O) groups excluding carboxylic acids is 2. The summed E-state index contributed by atoms with van der Waals surface area (Å²) >= 11 is 6.09. The van der Waals surface area contributed by atoms with Gasteiger partial charge in [-0.05, 0) is 60.0 Å². The van der Waals surface area contributed by atoms with E-state index in [4.69, 9.17) is 16.3 Å². The lowest BCUT2D eigenvalue weighted by atomic mass is 10.0. The number of carbonyl (C=O) groups is 2. The molecule has 1 N–H and O–H groups in total. The Labute approximate surface area is 264 Å². The van der Waals surface area contributed by atoms with Gasteiger partial charge < -0.3 is 15.0 Å². The summed E-state index contributed by atoms with van der Waals surface area (Å²) in [6, 6.07) is 31.7. The predicted molar refractivity (Wildman–Crippen MR) is 174 cm³/mol. The zero-order valence-corrected chi connectivity index (χ0v) is 26.3. The fourth-order valence-electron chi connectivity index (χ4n) is 4.70. The van der Waals surface area contributed by atoms with Gasteiger partial charge in [0.05, 0.1) is 11.9 Å². The van der Waals surface area contributed by atoms with E-state index < -0.39 is 28.5 Å². The first-order valence-corrected chi connectivity index (χ1v) is 16.5. The van der Waals surface area contributed by atoms with E-state index in [1.807, 2.05) is 60.7 Å². The van der Waals surface area contributed by atoms with Crippen molar-refractivity contribution < 1.29 is 22.7 Å². The van der Waals surface area contributed by atoms with Crippen LogP contribution < -0.4 is 14.4 Å². The van der Waals surface area contributed by atoms with E-state index in [2.05, 4.69) is 5.32 Å². The van der Waals surface area contributed by atoms with Crippen molar-refractivity contribution >= 4 is 39.1 Å². The van der Waals surface area contributed by atoms with Crippen molar-refractivity contribution in [3.8, 4) is 5.75 Å². The lowest BCUT2D eigenvalue weighted by Gasteiger charge is -2.33. The van der Waals surface area contributed by atoms with Gasteiger partial charge in [0.1, 0.15) is 24.9 Å². The van der Waals surface area contributed by atoms with Crippen LogP contribution in [0.3, 0.4) is 0 Å². The van der Waals surface area contributed by atoms with Crippen LogP contribution >= 0.6 is 11.6 Å². The van der Waals surface area contributed by atoms with E-state index in [-0.39, 0.29) is 18.9 Å². The Morgan fingerprint density at radius 2 is 1.41 bits per heavy atom. The van der Waals surface area contributed by atoms with Crippen molar-refractivity contribution in [1.29, 1.82) is 0 Å². The summed E-state index contributed by atoms with van der Waals surface area (Å²) in [4.78, 5) is 29.0. The number of likely N-dealkylation sites (N-methyl/N-ethyl adjacent to an activating group) is 1. The van der Waals surface area contributed by atoms with Crippen LogP contribution in [0.4, 0.5) is 5.69 Å². The SMILES string of the molecule is CCNC(=O)[C@H](Cc1ccccc1)N(Cc1ccc(Cl)cc1)C(=O)CN(c1ccc(OCc2ccccc2)cc1)S(C)(=O)=O. The number of hydrogen-bond acceptors (Lipinski definition) is 5. The zero-order chi connectivity index (χ0) is 31.5. The minimum atomic E-state index is -3.88. The molecule has 0 spiro atoms. The molecule has 0 aromatic heterocycles. The molecule has 0 aliphatic rings. The molecule has 230 valence electrons.